The Labute approximate surface area is 328 Å². The van der Waals surface area contributed by atoms with Crippen LogP contribution in [-0.2, 0) is 42.4 Å². The van der Waals surface area contributed by atoms with E-state index in [1.54, 1.807) is 24.3 Å². The van der Waals surface area contributed by atoms with E-state index in [2.05, 4.69) is 39.2 Å². The number of nitrogens with one attached hydrogen (secondary N) is 3. The summed E-state index contributed by atoms with van der Waals surface area (Å²) in [5.41, 5.74) is 10.3. The molecule has 6 rings (SSSR count). The number of nitrogens with zero attached hydrogens (tertiary/aromatic N) is 3. The third-order valence-corrected chi connectivity index (χ3v) is 11.4. The number of sulfonamides is 2. The molecular weight excluding hydrogens is 759 g/mol. The molecule has 2 aliphatic heterocycles. The Morgan fingerprint density at radius 2 is 1.34 bits per heavy atom. The summed E-state index contributed by atoms with van der Waals surface area (Å²) < 4.78 is 53.7. The molecule has 1 aromatic heterocycles. The van der Waals surface area contributed by atoms with Gasteiger partial charge in [0.05, 0.1) is 24.2 Å². The number of aryl methyl sites for hydroxylation is 1. The van der Waals surface area contributed by atoms with E-state index >= 15 is 0 Å². The van der Waals surface area contributed by atoms with Crippen molar-refractivity contribution in [1.29, 1.82) is 0 Å². The lowest BCUT2D eigenvalue weighted by atomic mass is 10.0. The SMILES string of the molecule is CCCCCNc1nc(N)nc(C)c1Cc1ccc(CC(=O)OCCCCN(C)C)cc1.O=C1NS(=O)(=O)c2ccccc21.O=C1NS(=O)(=O)c2ccccc21. The zero-order chi connectivity index (χ0) is 40.9. The van der Waals surface area contributed by atoms with Gasteiger partial charge in [0.2, 0.25) is 5.95 Å². The molecule has 2 amide bonds. The number of hydrogen-bond donors (Lipinski definition) is 4. The number of ether oxygens (including phenoxy) is 1. The molecule has 4 aromatic rings. The van der Waals surface area contributed by atoms with Gasteiger partial charge in [-0.2, -0.15) is 4.98 Å². The molecule has 0 saturated carbocycles. The first-order valence-electron chi connectivity index (χ1n) is 18.2. The van der Waals surface area contributed by atoms with Crippen molar-refractivity contribution < 1.29 is 36.0 Å². The summed E-state index contributed by atoms with van der Waals surface area (Å²) in [6.45, 7) is 6.51. The number of carbonyl (C=O) groups is 3. The lowest BCUT2D eigenvalue weighted by Gasteiger charge is -2.14. The molecule has 17 heteroatoms. The van der Waals surface area contributed by atoms with Gasteiger partial charge < -0.3 is 20.7 Å². The van der Waals surface area contributed by atoms with E-state index in [1.165, 1.54) is 37.1 Å². The maximum atomic E-state index is 12.1. The molecule has 3 heterocycles. The monoisotopic (exact) mass is 807 g/mol. The topological polar surface area (TPSA) is 220 Å². The number of fused-ring (bicyclic) bond motifs is 2. The number of esters is 1. The number of aromatic nitrogens is 2. The van der Waals surface area contributed by atoms with Crippen LogP contribution in [0.25, 0.3) is 0 Å². The molecule has 3 aromatic carbocycles. The molecule has 5 N–H and O–H groups in total. The summed E-state index contributed by atoms with van der Waals surface area (Å²) >= 11 is 0. The maximum Gasteiger partial charge on any atom is 0.310 e. The van der Waals surface area contributed by atoms with Gasteiger partial charge in [0.15, 0.2) is 0 Å². The Kier molecular flexibility index (Phi) is 15.5. The fourth-order valence-corrected chi connectivity index (χ4v) is 8.06. The van der Waals surface area contributed by atoms with E-state index < -0.39 is 31.9 Å². The Bertz CT molecular complexity index is 2140. The molecule has 15 nitrogen and oxygen atoms in total. The van der Waals surface area contributed by atoms with Crippen LogP contribution < -0.4 is 20.5 Å². The lowest BCUT2D eigenvalue weighted by molar-refractivity contribution is -0.142. The highest BCUT2D eigenvalue weighted by Crippen LogP contribution is 2.23. The fraction of sp³-hybridized carbons (Fsp3) is 0.359. The molecular formula is C39H49N7O8S2. The number of nitrogens with two attached hydrogens (primary N) is 1. The van der Waals surface area contributed by atoms with Crippen LogP contribution in [0.5, 0.6) is 0 Å². The minimum Gasteiger partial charge on any atom is -0.465 e. The smallest absolute Gasteiger partial charge is 0.310 e. The second kappa shape index (κ2) is 20.0. The van der Waals surface area contributed by atoms with E-state index in [0.717, 1.165) is 60.6 Å². The van der Waals surface area contributed by atoms with Gasteiger partial charge in [0, 0.05) is 24.2 Å². The minimum atomic E-state index is -3.55. The first-order chi connectivity index (χ1) is 26.6. The van der Waals surface area contributed by atoms with Crippen molar-refractivity contribution >= 4 is 49.6 Å². The second-order valence-corrected chi connectivity index (χ2v) is 16.7. The van der Waals surface area contributed by atoms with Crippen LogP contribution in [0, 0.1) is 6.92 Å². The number of hydrogen-bond acceptors (Lipinski definition) is 13. The van der Waals surface area contributed by atoms with Crippen molar-refractivity contribution in [2.24, 2.45) is 0 Å². The molecule has 56 heavy (non-hydrogen) atoms. The quantitative estimate of drug-likeness (QED) is 0.104. The summed E-state index contributed by atoms with van der Waals surface area (Å²) in [6.07, 6.45) is 6.37. The van der Waals surface area contributed by atoms with Gasteiger partial charge in [-0.25, -0.2) is 31.3 Å². The Morgan fingerprint density at radius 1 is 0.786 bits per heavy atom. The van der Waals surface area contributed by atoms with E-state index in [9.17, 15) is 31.2 Å². The highest BCUT2D eigenvalue weighted by Gasteiger charge is 2.32. The Morgan fingerprint density at radius 3 is 1.88 bits per heavy atom. The normalized spacial score (nSPS) is 14.2. The van der Waals surface area contributed by atoms with Gasteiger partial charge in [-0.05, 0) is 82.2 Å². The third-order valence-electron chi connectivity index (χ3n) is 8.62. The van der Waals surface area contributed by atoms with Crippen molar-refractivity contribution in [1.82, 2.24) is 24.3 Å². The first kappa shape index (κ1) is 43.3. The fourth-order valence-electron chi connectivity index (χ4n) is 5.71. The molecule has 300 valence electrons. The molecule has 0 radical (unpaired) electrons. The molecule has 0 atom stereocenters. The van der Waals surface area contributed by atoms with E-state index in [4.69, 9.17) is 10.5 Å². The van der Waals surface area contributed by atoms with E-state index in [-0.39, 0.29) is 26.9 Å². The average molecular weight is 808 g/mol. The first-order valence-corrected chi connectivity index (χ1v) is 21.1. The zero-order valence-corrected chi connectivity index (χ0v) is 33.6. The van der Waals surface area contributed by atoms with Gasteiger partial charge in [-0.1, -0.05) is 68.3 Å². The van der Waals surface area contributed by atoms with Crippen LogP contribution in [0.4, 0.5) is 11.8 Å². The van der Waals surface area contributed by atoms with Crippen LogP contribution in [0.15, 0.2) is 82.6 Å². The van der Waals surface area contributed by atoms with Crippen LogP contribution in [-0.4, -0.2) is 83.3 Å². The molecule has 0 aliphatic carbocycles. The van der Waals surface area contributed by atoms with Gasteiger partial charge in [0.1, 0.15) is 15.6 Å². The van der Waals surface area contributed by atoms with Crippen LogP contribution in [0.3, 0.4) is 0 Å². The third kappa shape index (κ3) is 12.3. The molecule has 0 fully saturated rings. The van der Waals surface area contributed by atoms with Crippen molar-refractivity contribution in [3.8, 4) is 0 Å². The minimum absolute atomic E-state index is 0.0648. The van der Waals surface area contributed by atoms with Gasteiger partial charge in [0.25, 0.3) is 31.9 Å². The highest BCUT2D eigenvalue weighted by molar-refractivity contribution is 7.91. The number of nitrogen functional groups attached to an aromatic ring is 1. The summed E-state index contributed by atoms with van der Waals surface area (Å²) in [6, 6.07) is 20.3. The van der Waals surface area contributed by atoms with Crippen LogP contribution in [0.1, 0.15) is 82.1 Å². The van der Waals surface area contributed by atoms with Crippen molar-refractivity contribution in [3.05, 3.63) is 106 Å². The average Bonchev–Trinajstić information content (AvgIpc) is 3.54. The van der Waals surface area contributed by atoms with E-state index in [1.807, 2.05) is 42.6 Å². The van der Waals surface area contributed by atoms with Crippen LogP contribution >= 0.6 is 0 Å². The standard InChI is InChI=1S/C25H39N5O2.2C7H5NO3S/c1-5-6-7-14-27-24-22(19(2)28-25(26)29-24)17-20-10-12-21(13-11-20)18-23(31)32-16-9-8-15-30(3)4;2*9-7-5-3-1-2-4-6(5)12(10,11)8-7/h10-13H,5-9,14-18H2,1-4H3,(H3,26,27,28,29);2*1-4H,(H,8,9). The van der Waals surface area contributed by atoms with Crippen molar-refractivity contribution in [2.75, 3.05) is 44.8 Å². The largest absolute Gasteiger partial charge is 0.465 e. The molecule has 0 saturated heterocycles. The number of benzene rings is 3. The molecule has 2 aliphatic rings. The lowest BCUT2D eigenvalue weighted by Crippen LogP contribution is -2.20. The highest BCUT2D eigenvalue weighted by atomic mass is 32.2. The predicted molar refractivity (Wildman–Crippen MR) is 213 cm³/mol. The number of carbonyl (C=O) groups excluding carboxylic acids is 3. The Hall–Kier alpha value is -5.39. The maximum absolute atomic E-state index is 12.1. The molecule has 0 bridgehead atoms. The number of rotatable bonds is 14. The predicted octanol–water partition coefficient (Wildman–Crippen LogP) is 4.23. The van der Waals surface area contributed by atoms with Gasteiger partial charge >= 0.3 is 5.97 Å². The zero-order valence-electron chi connectivity index (χ0n) is 32.0. The van der Waals surface area contributed by atoms with Gasteiger partial charge in [-0.15, -0.1) is 0 Å². The van der Waals surface area contributed by atoms with Crippen LogP contribution in [0.2, 0.25) is 0 Å². The summed E-state index contributed by atoms with van der Waals surface area (Å²) in [7, 11) is -3.02. The van der Waals surface area contributed by atoms with Gasteiger partial charge in [-0.3, -0.25) is 14.4 Å². The van der Waals surface area contributed by atoms with E-state index in [0.29, 0.717) is 25.4 Å². The molecule has 0 spiro atoms. The summed E-state index contributed by atoms with van der Waals surface area (Å²) in [4.78, 5) is 45.1. The summed E-state index contributed by atoms with van der Waals surface area (Å²) in [5, 5.41) is 3.43. The summed E-state index contributed by atoms with van der Waals surface area (Å²) in [5.74, 6) is -0.173. The number of unbranched alkanes of at least 4 members (excludes halogenated alkanes) is 3. The second-order valence-electron chi connectivity index (χ2n) is 13.4. The van der Waals surface area contributed by atoms with Crippen molar-refractivity contribution in [3.63, 3.8) is 0 Å². The molecule has 0 unspecified atom stereocenters. The number of amides is 2. The Balaban J connectivity index is 0.000000232. The van der Waals surface area contributed by atoms with Crippen molar-refractivity contribution in [2.45, 2.75) is 68.6 Å². The number of anilines is 2.